The van der Waals surface area contributed by atoms with Gasteiger partial charge in [-0.25, -0.2) is 4.79 Å². The molecule has 44 heavy (non-hydrogen) atoms. The predicted octanol–water partition coefficient (Wildman–Crippen LogP) is 6.51. The van der Waals surface area contributed by atoms with E-state index in [0.29, 0.717) is 11.4 Å². The second-order valence-corrected chi connectivity index (χ2v) is 11.2. The van der Waals surface area contributed by atoms with Gasteiger partial charge in [-0.1, -0.05) is 66.2 Å². The summed E-state index contributed by atoms with van der Waals surface area (Å²) in [6, 6.07) is 16.1. The number of benzene rings is 2. The summed E-state index contributed by atoms with van der Waals surface area (Å²) in [6.45, 7) is 1.91. The Hall–Kier alpha value is -4.12. The molecule has 0 unspecified atom stereocenters. The molecule has 0 spiro atoms. The van der Waals surface area contributed by atoms with Crippen LogP contribution in [0, 0.1) is 17.8 Å². The van der Waals surface area contributed by atoms with E-state index in [2.05, 4.69) is 20.4 Å². The number of halogens is 5. The molecule has 0 aliphatic heterocycles. The Morgan fingerprint density at radius 3 is 2.48 bits per heavy atom. The molecule has 2 aliphatic rings. The number of amides is 2. The van der Waals surface area contributed by atoms with Crippen molar-refractivity contribution in [1.82, 2.24) is 15.6 Å². The number of esters is 1. The number of alkyl halides is 4. The second kappa shape index (κ2) is 12.9. The van der Waals surface area contributed by atoms with E-state index in [-0.39, 0.29) is 36.1 Å². The summed E-state index contributed by atoms with van der Waals surface area (Å²) >= 11 is 6.14. The summed E-state index contributed by atoms with van der Waals surface area (Å²) in [6.07, 6.45) is -2.76. The number of hydrogen-bond acceptors (Lipinski definition) is 5. The molecule has 2 bridgehead atoms. The minimum Gasteiger partial charge on any atom is -0.466 e. The summed E-state index contributed by atoms with van der Waals surface area (Å²) in [5, 5.41) is 6.26. The average molecular weight is 632 g/mol. The van der Waals surface area contributed by atoms with Gasteiger partial charge in [-0.2, -0.15) is 17.6 Å². The zero-order valence-corrected chi connectivity index (χ0v) is 24.3. The molecule has 0 radical (unpaired) electrons. The van der Waals surface area contributed by atoms with Crippen molar-refractivity contribution < 1.29 is 36.6 Å². The number of pyridine rings is 1. The molecule has 2 aromatic carbocycles. The van der Waals surface area contributed by atoms with Crippen LogP contribution in [0.15, 0.2) is 85.1 Å². The third kappa shape index (κ3) is 6.52. The number of ether oxygens (including phenoxy) is 2. The van der Waals surface area contributed by atoms with Crippen LogP contribution < -0.4 is 15.4 Å². The summed E-state index contributed by atoms with van der Waals surface area (Å²) in [4.78, 5) is 31.2. The van der Waals surface area contributed by atoms with Crippen molar-refractivity contribution in [3.63, 3.8) is 0 Å². The molecule has 5 rings (SSSR count). The Morgan fingerprint density at radius 2 is 1.80 bits per heavy atom. The highest BCUT2D eigenvalue weighted by Gasteiger charge is 2.50. The molecule has 1 heterocycles. The third-order valence-corrected chi connectivity index (χ3v) is 8.18. The topological polar surface area (TPSA) is 89.5 Å². The Morgan fingerprint density at radius 1 is 1.05 bits per heavy atom. The quantitative estimate of drug-likeness (QED) is 0.143. The lowest BCUT2D eigenvalue weighted by Crippen LogP contribution is -2.56. The fourth-order valence-electron chi connectivity index (χ4n) is 6.04. The Labute approximate surface area is 256 Å². The van der Waals surface area contributed by atoms with Crippen LogP contribution in [0.5, 0.6) is 5.75 Å². The first kappa shape index (κ1) is 31.3. The smallest absolute Gasteiger partial charge is 0.461 e. The van der Waals surface area contributed by atoms with Crippen LogP contribution in [0.2, 0.25) is 5.02 Å². The minimum absolute atomic E-state index is 0.0719. The molecule has 5 atom stereocenters. The molecule has 0 saturated heterocycles. The normalized spacial score (nSPS) is 22.0. The number of rotatable bonds is 11. The van der Waals surface area contributed by atoms with E-state index in [1.54, 1.807) is 37.3 Å². The number of allylic oxidation sites excluding steroid dienone is 1. The van der Waals surface area contributed by atoms with Crippen LogP contribution in [0.3, 0.4) is 0 Å². The summed E-state index contributed by atoms with van der Waals surface area (Å²) in [7, 11) is 0. The SMILES string of the molecule is CCOC(=O)[C@H]1[C@@H](NC(=O)N[C@@](Cc2ccccc2)(c2cccc(OC(F)(F)C(F)F)c2)c2ccc(Cl)cn2)[C@@H]2C=C[C@H]1C2. The van der Waals surface area contributed by atoms with Gasteiger partial charge in [0.1, 0.15) is 11.3 Å². The van der Waals surface area contributed by atoms with Crippen LogP contribution in [0.1, 0.15) is 30.2 Å². The fourth-order valence-corrected chi connectivity index (χ4v) is 6.15. The molecule has 2 N–H and O–H groups in total. The molecule has 3 aromatic rings. The number of nitrogens with zero attached hydrogens (tertiary/aromatic N) is 1. The Bertz CT molecular complexity index is 1510. The minimum atomic E-state index is -4.75. The van der Waals surface area contributed by atoms with E-state index >= 15 is 0 Å². The number of carbonyl (C=O) groups is 2. The zero-order chi connectivity index (χ0) is 31.5. The summed E-state index contributed by atoms with van der Waals surface area (Å²) in [5.41, 5.74) is -0.291. The maximum atomic E-state index is 13.9. The molecule has 2 amide bonds. The molecule has 232 valence electrons. The van der Waals surface area contributed by atoms with Gasteiger partial charge in [-0.05, 0) is 60.6 Å². The second-order valence-electron chi connectivity index (χ2n) is 10.8. The van der Waals surface area contributed by atoms with E-state index in [1.165, 1.54) is 12.3 Å². The van der Waals surface area contributed by atoms with Crippen molar-refractivity contribution in [2.75, 3.05) is 6.61 Å². The number of carbonyl (C=O) groups excluding carboxylic acids is 2. The Kier molecular flexibility index (Phi) is 9.15. The number of urea groups is 1. The van der Waals surface area contributed by atoms with Gasteiger partial charge in [-0.3, -0.25) is 9.78 Å². The number of fused-ring (bicyclic) bond motifs is 2. The highest BCUT2D eigenvalue weighted by Crippen LogP contribution is 2.44. The first-order chi connectivity index (χ1) is 21.0. The highest BCUT2D eigenvalue weighted by atomic mass is 35.5. The van der Waals surface area contributed by atoms with Crippen molar-refractivity contribution in [2.24, 2.45) is 17.8 Å². The number of nitrogens with one attached hydrogen (secondary N) is 2. The molecule has 1 fully saturated rings. The van der Waals surface area contributed by atoms with Gasteiger partial charge < -0.3 is 20.1 Å². The monoisotopic (exact) mass is 631 g/mol. The molecule has 12 heteroatoms. The van der Waals surface area contributed by atoms with Crippen molar-refractivity contribution in [3.8, 4) is 5.75 Å². The van der Waals surface area contributed by atoms with Crippen molar-refractivity contribution in [1.29, 1.82) is 0 Å². The van der Waals surface area contributed by atoms with Crippen LogP contribution in [0.4, 0.5) is 22.4 Å². The van der Waals surface area contributed by atoms with E-state index < -0.39 is 47.8 Å². The molecule has 2 aliphatic carbocycles. The molecule has 7 nitrogen and oxygen atoms in total. The first-order valence-electron chi connectivity index (χ1n) is 14.1. The van der Waals surface area contributed by atoms with Crippen molar-refractivity contribution in [3.05, 3.63) is 107 Å². The van der Waals surface area contributed by atoms with Crippen LogP contribution >= 0.6 is 11.6 Å². The van der Waals surface area contributed by atoms with Gasteiger partial charge in [0.05, 0.1) is 29.3 Å². The standard InChI is InChI=1S/C32H30ClF4N3O4/c1-2-43-28(41)26-20-11-12-21(15-20)27(26)39-30(42)40-31(17-19-7-4-3-5-8-19,25-14-13-23(33)18-38-25)22-9-6-10-24(16-22)44-32(36,37)29(34)35/h3-14,16,18,20-21,26-27,29H,2,15,17H2,1H3,(H2,39,40,42)/t20-,21+,26+,27-,31-/m0/s1. The first-order valence-corrected chi connectivity index (χ1v) is 14.5. The maximum absolute atomic E-state index is 13.9. The number of hydrogen-bond donors (Lipinski definition) is 2. The maximum Gasteiger partial charge on any atom is 0.461 e. The molecule has 1 aromatic heterocycles. The van der Waals surface area contributed by atoms with Gasteiger partial charge in [0, 0.05) is 12.6 Å². The van der Waals surface area contributed by atoms with Gasteiger partial charge in [0.25, 0.3) is 0 Å². The third-order valence-electron chi connectivity index (χ3n) is 7.95. The van der Waals surface area contributed by atoms with Crippen LogP contribution in [-0.2, 0) is 21.5 Å². The molecular weight excluding hydrogens is 602 g/mol. The zero-order valence-electron chi connectivity index (χ0n) is 23.6. The van der Waals surface area contributed by atoms with Gasteiger partial charge in [0.15, 0.2) is 0 Å². The highest BCUT2D eigenvalue weighted by molar-refractivity contribution is 6.30. The van der Waals surface area contributed by atoms with Crippen LogP contribution in [-0.4, -0.2) is 42.2 Å². The summed E-state index contributed by atoms with van der Waals surface area (Å²) < 4.78 is 63.5. The van der Waals surface area contributed by atoms with Crippen molar-refractivity contribution >= 4 is 23.6 Å². The lowest BCUT2D eigenvalue weighted by atomic mass is 9.80. The lowest BCUT2D eigenvalue weighted by Gasteiger charge is -2.37. The average Bonchev–Trinajstić information content (AvgIpc) is 3.60. The van der Waals surface area contributed by atoms with Gasteiger partial charge >= 0.3 is 24.5 Å². The van der Waals surface area contributed by atoms with E-state index in [0.717, 1.165) is 17.7 Å². The van der Waals surface area contributed by atoms with Crippen molar-refractivity contribution in [2.45, 2.75) is 43.9 Å². The van der Waals surface area contributed by atoms with Crippen LogP contribution in [0.25, 0.3) is 0 Å². The van der Waals surface area contributed by atoms with Gasteiger partial charge in [0.2, 0.25) is 0 Å². The molecule has 1 saturated carbocycles. The summed E-state index contributed by atoms with van der Waals surface area (Å²) in [5.74, 6) is -1.70. The van der Waals surface area contributed by atoms with E-state index in [1.807, 2.05) is 30.4 Å². The fraction of sp³-hybridized carbons (Fsp3) is 0.344. The van der Waals surface area contributed by atoms with Gasteiger partial charge in [-0.15, -0.1) is 0 Å². The van der Waals surface area contributed by atoms with E-state index in [4.69, 9.17) is 16.3 Å². The number of aromatic nitrogens is 1. The molecular formula is C32H30ClF4N3O4. The largest absolute Gasteiger partial charge is 0.466 e. The van der Waals surface area contributed by atoms with E-state index in [9.17, 15) is 27.2 Å². The lowest BCUT2D eigenvalue weighted by molar-refractivity contribution is -0.253. The predicted molar refractivity (Wildman–Crippen MR) is 155 cm³/mol. The Balaban J connectivity index is 1.57.